The van der Waals surface area contributed by atoms with Gasteiger partial charge in [0.1, 0.15) is 16.8 Å². The maximum absolute atomic E-state index is 12.8. The van der Waals surface area contributed by atoms with Crippen LogP contribution in [0.15, 0.2) is 56.2 Å². The van der Waals surface area contributed by atoms with Gasteiger partial charge in [0.25, 0.3) is 0 Å². The molecule has 13 heteroatoms. The Bertz CT molecular complexity index is 1450. The van der Waals surface area contributed by atoms with Gasteiger partial charge < -0.3 is 21.1 Å². The molecule has 36 heavy (non-hydrogen) atoms. The van der Waals surface area contributed by atoms with Crippen LogP contribution in [0.25, 0.3) is 10.1 Å². The first-order valence-electron chi connectivity index (χ1n) is 10.8. The maximum Gasteiger partial charge on any atom is 0.316 e. The normalized spacial score (nSPS) is 23.4. The number of fused-ring (bicyclic) bond motifs is 2. The van der Waals surface area contributed by atoms with Gasteiger partial charge in [0.05, 0.1) is 16.3 Å². The summed E-state index contributed by atoms with van der Waals surface area (Å²) in [6.45, 7) is 0.0127. The van der Waals surface area contributed by atoms with Crippen molar-refractivity contribution in [3.8, 4) is 0 Å². The molecule has 186 valence electrons. The molecule has 0 saturated carbocycles. The molecule has 2 fully saturated rings. The van der Waals surface area contributed by atoms with Crippen molar-refractivity contribution in [2.24, 2.45) is 5.41 Å². The summed E-state index contributed by atoms with van der Waals surface area (Å²) in [4.78, 5) is 55.3. The van der Waals surface area contributed by atoms with Crippen molar-refractivity contribution in [2.45, 2.75) is 22.0 Å². The molecule has 9 nitrogen and oxygen atoms in total. The van der Waals surface area contributed by atoms with E-state index in [4.69, 9.17) is 5.73 Å². The highest BCUT2D eigenvalue weighted by molar-refractivity contribution is 8.04. The molecule has 2 aromatic heterocycles. The number of carboxylic acids is 1. The highest BCUT2D eigenvalue weighted by atomic mass is 32.2. The lowest BCUT2D eigenvalue weighted by Crippen LogP contribution is -2.73. The van der Waals surface area contributed by atoms with E-state index in [2.05, 4.69) is 10.3 Å². The minimum Gasteiger partial charge on any atom is -0.481 e. The summed E-state index contributed by atoms with van der Waals surface area (Å²) in [7, 11) is 0. The number of aliphatic carboxylic acids is 1. The van der Waals surface area contributed by atoms with Gasteiger partial charge in [0.15, 0.2) is 10.6 Å². The number of anilines is 1. The monoisotopic (exact) mass is 560 g/mol. The molecular formula is C23H20N4O5S4. The van der Waals surface area contributed by atoms with Gasteiger partial charge in [-0.15, -0.1) is 34.4 Å². The molecule has 3 aromatic rings. The third-order valence-corrected chi connectivity index (χ3v) is 10.3. The highest BCUT2D eigenvalue weighted by Gasteiger charge is 2.56. The number of thiazole rings is 1. The van der Waals surface area contributed by atoms with Gasteiger partial charge in [-0.1, -0.05) is 30.0 Å². The number of carbonyl (C=O) groups excluding carboxylic acids is 2. The molecule has 4 N–H and O–H groups in total. The second kappa shape index (κ2) is 9.88. The van der Waals surface area contributed by atoms with Crippen LogP contribution >= 0.6 is 46.2 Å². The fraction of sp³-hybridized carbons (Fsp3) is 0.261. The zero-order valence-corrected chi connectivity index (χ0v) is 21.8. The molecule has 0 aliphatic carbocycles. The Morgan fingerprint density at radius 2 is 2.14 bits per heavy atom. The van der Waals surface area contributed by atoms with Crippen molar-refractivity contribution in [3.05, 3.63) is 63.1 Å². The molecule has 2 aliphatic heterocycles. The highest BCUT2D eigenvalue weighted by Crippen LogP contribution is 2.43. The molecule has 2 aliphatic rings. The number of hydrogen-bond donors (Lipinski definition) is 3. The standard InChI is InChI=1S/C23H20N4O5S4/c24-22-25-12(9-34-22)7-16(29)26-18-19(30)27-10-23(21(31)32,11-35-20(18)27)5-6-33-17-8-14(28)13-3-1-2-4-15(13)36-17/h1-6,8-9,18,20H,7,10-11H2,(H2,24,25)(H,26,29)(H,31,32)/t18?,20-,23?/m1/s1. The van der Waals surface area contributed by atoms with Gasteiger partial charge >= 0.3 is 5.97 Å². The van der Waals surface area contributed by atoms with Gasteiger partial charge in [-0.2, -0.15) is 0 Å². The fourth-order valence-electron chi connectivity index (χ4n) is 4.06. The molecule has 3 atom stereocenters. The molecule has 0 bridgehead atoms. The van der Waals surface area contributed by atoms with E-state index in [0.29, 0.717) is 16.2 Å². The smallest absolute Gasteiger partial charge is 0.316 e. The number of hydrogen-bond acceptors (Lipinski definition) is 10. The van der Waals surface area contributed by atoms with E-state index >= 15 is 0 Å². The van der Waals surface area contributed by atoms with Gasteiger partial charge in [0, 0.05) is 33.8 Å². The first-order valence-corrected chi connectivity index (χ1v) is 14.4. The summed E-state index contributed by atoms with van der Waals surface area (Å²) in [5.74, 6) is -1.42. The van der Waals surface area contributed by atoms with Crippen LogP contribution in [-0.4, -0.2) is 56.5 Å². The Hall–Kier alpha value is -2.87. The molecule has 0 spiro atoms. The number of aromatic nitrogens is 1. The molecule has 2 saturated heterocycles. The molecule has 4 heterocycles. The molecule has 1 aromatic carbocycles. The lowest BCUT2D eigenvalue weighted by molar-refractivity contribution is -0.156. The van der Waals surface area contributed by atoms with Crippen molar-refractivity contribution in [1.82, 2.24) is 15.2 Å². The van der Waals surface area contributed by atoms with E-state index in [1.165, 1.54) is 51.1 Å². The minimum absolute atomic E-state index is 0.0127. The number of nitrogens with two attached hydrogens (primary N) is 1. The summed E-state index contributed by atoms with van der Waals surface area (Å²) in [6.07, 6.45) is 1.62. The van der Waals surface area contributed by atoms with Crippen molar-refractivity contribution >= 4 is 79.2 Å². The molecule has 5 rings (SSSR count). The van der Waals surface area contributed by atoms with Crippen LogP contribution in [0.3, 0.4) is 0 Å². The van der Waals surface area contributed by atoms with Gasteiger partial charge in [-0.05, 0) is 17.5 Å². The van der Waals surface area contributed by atoms with Gasteiger partial charge in [0.2, 0.25) is 11.8 Å². The SMILES string of the molecule is Nc1nc(CC(=O)NC2C(=O)N3CC(C=CSc4cc(=O)c5ccccc5s4)(C(=O)O)CS[C@H]23)cs1. The average molecular weight is 561 g/mol. The van der Waals surface area contributed by atoms with Gasteiger partial charge in [-0.3, -0.25) is 19.2 Å². The summed E-state index contributed by atoms with van der Waals surface area (Å²) in [5.41, 5.74) is 4.79. The number of carbonyl (C=O) groups is 3. The third kappa shape index (κ3) is 4.75. The van der Waals surface area contributed by atoms with Crippen molar-refractivity contribution in [2.75, 3.05) is 18.0 Å². The zero-order chi connectivity index (χ0) is 25.4. The van der Waals surface area contributed by atoms with Crippen LogP contribution in [-0.2, 0) is 20.8 Å². The first kappa shape index (κ1) is 24.8. The summed E-state index contributed by atoms with van der Waals surface area (Å²) in [5, 5.41) is 16.8. The number of thioether (sulfide) groups is 2. The largest absolute Gasteiger partial charge is 0.481 e. The van der Waals surface area contributed by atoms with E-state index in [1.807, 2.05) is 18.2 Å². The fourth-order valence-corrected chi connectivity index (χ4v) is 8.21. The predicted octanol–water partition coefficient (Wildman–Crippen LogP) is 2.62. The first-order chi connectivity index (χ1) is 17.3. The second-order valence-corrected chi connectivity index (χ2v) is 12.7. The Kier molecular flexibility index (Phi) is 6.81. The molecule has 2 unspecified atom stereocenters. The summed E-state index contributed by atoms with van der Waals surface area (Å²) in [6, 6.07) is 8.20. The van der Waals surface area contributed by atoms with E-state index in [0.717, 1.165) is 8.91 Å². The molecular weight excluding hydrogens is 541 g/mol. The third-order valence-electron chi connectivity index (χ3n) is 5.94. The molecule has 2 amide bonds. The van der Waals surface area contributed by atoms with Crippen LogP contribution in [0.5, 0.6) is 0 Å². The number of amides is 2. The lowest BCUT2D eigenvalue weighted by atomic mass is 9.87. The summed E-state index contributed by atoms with van der Waals surface area (Å²) >= 11 is 5.31. The van der Waals surface area contributed by atoms with Crippen LogP contribution in [0.1, 0.15) is 5.69 Å². The maximum atomic E-state index is 12.8. The van der Waals surface area contributed by atoms with Crippen LogP contribution in [0.4, 0.5) is 5.13 Å². The number of nitrogens with zero attached hydrogens (tertiary/aromatic N) is 2. The van der Waals surface area contributed by atoms with E-state index in [1.54, 1.807) is 29.0 Å². The predicted molar refractivity (Wildman–Crippen MR) is 143 cm³/mol. The Balaban J connectivity index is 1.24. The number of rotatable bonds is 7. The van der Waals surface area contributed by atoms with E-state index < -0.39 is 17.4 Å². The van der Waals surface area contributed by atoms with E-state index in [-0.39, 0.29) is 41.3 Å². The van der Waals surface area contributed by atoms with Crippen molar-refractivity contribution in [3.63, 3.8) is 0 Å². The van der Waals surface area contributed by atoms with Crippen LogP contribution in [0, 0.1) is 5.41 Å². The molecule has 0 radical (unpaired) electrons. The average Bonchev–Trinajstić information content (AvgIpc) is 3.26. The lowest BCUT2D eigenvalue weighted by Gasteiger charge is -2.53. The Morgan fingerprint density at radius 1 is 1.33 bits per heavy atom. The quantitative estimate of drug-likeness (QED) is 0.294. The number of nitrogens with one attached hydrogen (secondary N) is 1. The van der Waals surface area contributed by atoms with Crippen LogP contribution in [0.2, 0.25) is 0 Å². The van der Waals surface area contributed by atoms with Crippen molar-refractivity contribution < 1.29 is 19.5 Å². The Labute approximate surface area is 221 Å². The number of β-lactam (4-membered cyclic amide) rings is 1. The van der Waals surface area contributed by atoms with Crippen LogP contribution < -0.4 is 16.5 Å². The number of nitrogen functional groups attached to an aromatic ring is 1. The van der Waals surface area contributed by atoms with Crippen molar-refractivity contribution in [1.29, 1.82) is 0 Å². The number of benzene rings is 1. The number of carboxylic acid groups (broad SMARTS) is 1. The Morgan fingerprint density at radius 3 is 2.89 bits per heavy atom. The minimum atomic E-state index is -1.27. The zero-order valence-electron chi connectivity index (χ0n) is 18.6. The second-order valence-electron chi connectivity index (χ2n) is 8.37. The topological polar surface area (TPSA) is 143 Å². The van der Waals surface area contributed by atoms with E-state index in [9.17, 15) is 24.3 Å². The van der Waals surface area contributed by atoms with Gasteiger partial charge in [-0.25, -0.2) is 4.98 Å². The summed E-state index contributed by atoms with van der Waals surface area (Å²) < 4.78 is 1.61.